The fourth-order valence-corrected chi connectivity index (χ4v) is 3.92. The first-order valence-electron chi connectivity index (χ1n) is 8.92. The van der Waals surface area contributed by atoms with E-state index in [-0.39, 0.29) is 11.8 Å². The number of nitrogens with one attached hydrogen (secondary N) is 3. The number of carbonyl (C=O) groups is 2. The Kier molecular flexibility index (Phi) is 5.96. The van der Waals surface area contributed by atoms with Gasteiger partial charge in [-0.3, -0.25) is 4.79 Å². The lowest BCUT2D eigenvalue weighted by Crippen LogP contribution is -2.46. The molecule has 5 nitrogen and oxygen atoms in total. The second-order valence-corrected chi connectivity index (χ2v) is 7.72. The predicted molar refractivity (Wildman–Crippen MR) is 113 cm³/mol. The van der Waals surface area contributed by atoms with Crippen LogP contribution in [0.2, 0.25) is 10.0 Å². The average Bonchev–Trinajstić information content (AvgIpc) is 2.61. The Balaban J connectivity index is 2.03. The molecule has 0 aliphatic carbocycles. The van der Waals surface area contributed by atoms with Crippen molar-refractivity contribution in [3.63, 3.8) is 0 Å². The summed E-state index contributed by atoms with van der Waals surface area (Å²) in [5.41, 5.74) is 3.04. The van der Waals surface area contributed by atoms with Crippen LogP contribution in [0.15, 0.2) is 53.7 Å². The third kappa shape index (κ3) is 4.01. The van der Waals surface area contributed by atoms with Crippen LogP contribution in [0, 0.1) is 0 Å². The van der Waals surface area contributed by atoms with E-state index in [4.69, 9.17) is 23.2 Å². The summed E-state index contributed by atoms with van der Waals surface area (Å²) < 4.78 is 0. The Morgan fingerprint density at radius 1 is 1.07 bits per heavy atom. The van der Waals surface area contributed by atoms with E-state index in [9.17, 15) is 9.59 Å². The lowest BCUT2D eigenvalue weighted by Gasteiger charge is -2.30. The van der Waals surface area contributed by atoms with Gasteiger partial charge in [0.2, 0.25) is 0 Å². The highest BCUT2D eigenvalue weighted by Crippen LogP contribution is 2.37. The molecule has 3 amide bonds. The Labute approximate surface area is 174 Å². The summed E-state index contributed by atoms with van der Waals surface area (Å²) >= 11 is 12.7. The average molecular weight is 418 g/mol. The van der Waals surface area contributed by atoms with E-state index in [1.165, 1.54) is 0 Å². The van der Waals surface area contributed by atoms with Crippen molar-refractivity contribution in [2.45, 2.75) is 32.7 Å². The summed E-state index contributed by atoms with van der Waals surface area (Å²) in [5.74, 6) is -0.0938. The van der Waals surface area contributed by atoms with Crippen molar-refractivity contribution in [2.75, 3.05) is 5.32 Å². The summed E-state index contributed by atoms with van der Waals surface area (Å²) in [6, 6.07) is 11.5. The molecule has 0 saturated carbocycles. The molecule has 1 heterocycles. The highest BCUT2D eigenvalue weighted by molar-refractivity contribution is 6.36. The molecule has 1 atom stereocenters. The highest BCUT2D eigenvalue weighted by Gasteiger charge is 2.34. The molecule has 1 aliphatic rings. The number of rotatable bonds is 4. The maximum absolute atomic E-state index is 13.2. The lowest BCUT2D eigenvalue weighted by molar-refractivity contribution is -0.113. The summed E-state index contributed by atoms with van der Waals surface area (Å²) in [5, 5.41) is 9.14. The van der Waals surface area contributed by atoms with Crippen molar-refractivity contribution in [1.82, 2.24) is 10.6 Å². The zero-order valence-corrected chi connectivity index (χ0v) is 17.3. The molecule has 28 heavy (non-hydrogen) atoms. The number of amides is 3. The minimum absolute atomic E-state index is 0.240. The number of allylic oxidation sites excluding steroid dienone is 1. The summed E-state index contributed by atoms with van der Waals surface area (Å²) in [4.78, 5) is 25.3. The SMILES string of the molecule is CC1=C(C(=O)Nc2ccccc2C(C)C)[C@H](c2c(Cl)cccc2Cl)NC(=O)N1. The first kappa shape index (κ1) is 20.2. The van der Waals surface area contributed by atoms with Crippen LogP contribution in [-0.4, -0.2) is 11.9 Å². The van der Waals surface area contributed by atoms with E-state index in [0.717, 1.165) is 11.3 Å². The molecule has 0 spiro atoms. The van der Waals surface area contributed by atoms with Gasteiger partial charge in [0.05, 0.1) is 11.6 Å². The van der Waals surface area contributed by atoms with Gasteiger partial charge < -0.3 is 16.0 Å². The fraction of sp³-hybridized carbons (Fsp3) is 0.238. The van der Waals surface area contributed by atoms with Crippen LogP contribution in [-0.2, 0) is 4.79 Å². The predicted octanol–water partition coefficient (Wildman–Crippen LogP) is 5.38. The molecule has 146 valence electrons. The van der Waals surface area contributed by atoms with Crippen LogP contribution < -0.4 is 16.0 Å². The number of para-hydroxylation sites is 1. The van der Waals surface area contributed by atoms with Gasteiger partial charge >= 0.3 is 6.03 Å². The summed E-state index contributed by atoms with van der Waals surface area (Å²) in [7, 11) is 0. The second kappa shape index (κ2) is 8.25. The van der Waals surface area contributed by atoms with E-state index >= 15 is 0 Å². The number of hydrogen-bond acceptors (Lipinski definition) is 2. The van der Waals surface area contributed by atoms with Gasteiger partial charge in [-0.25, -0.2) is 4.79 Å². The largest absolute Gasteiger partial charge is 0.327 e. The Morgan fingerprint density at radius 2 is 1.71 bits per heavy atom. The molecule has 1 aliphatic heterocycles. The van der Waals surface area contributed by atoms with Crippen LogP contribution in [0.1, 0.15) is 43.9 Å². The number of urea groups is 1. The van der Waals surface area contributed by atoms with Crippen molar-refractivity contribution in [1.29, 1.82) is 0 Å². The standard InChI is InChI=1S/C21H21Cl2N3O2/c1-11(2)13-7-4-5-10-16(13)25-20(27)17-12(3)24-21(28)26-19(17)18-14(22)8-6-9-15(18)23/h4-11,19H,1-3H3,(H,25,27)(H2,24,26,28)/t19-/m1/s1. The van der Waals surface area contributed by atoms with E-state index < -0.39 is 12.1 Å². The van der Waals surface area contributed by atoms with Crippen molar-refractivity contribution in [3.05, 3.63) is 74.9 Å². The monoisotopic (exact) mass is 417 g/mol. The number of hydrogen-bond donors (Lipinski definition) is 3. The Morgan fingerprint density at radius 3 is 2.36 bits per heavy atom. The molecule has 3 rings (SSSR count). The highest BCUT2D eigenvalue weighted by atomic mass is 35.5. The van der Waals surface area contributed by atoms with E-state index in [1.54, 1.807) is 25.1 Å². The van der Waals surface area contributed by atoms with Crippen LogP contribution in [0.4, 0.5) is 10.5 Å². The quantitative estimate of drug-likeness (QED) is 0.624. The maximum atomic E-state index is 13.2. The second-order valence-electron chi connectivity index (χ2n) is 6.90. The molecule has 0 bridgehead atoms. The third-order valence-electron chi connectivity index (χ3n) is 4.63. The van der Waals surface area contributed by atoms with E-state index in [0.29, 0.717) is 26.9 Å². The first-order chi connectivity index (χ1) is 13.3. The summed E-state index contributed by atoms with van der Waals surface area (Å²) in [6.07, 6.45) is 0. The molecule has 0 unspecified atom stereocenters. The smallest absolute Gasteiger partial charge is 0.319 e. The van der Waals surface area contributed by atoms with Crippen LogP contribution in [0.3, 0.4) is 0 Å². The fourth-order valence-electron chi connectivity index (χ4n) is 3.30. The van der Waals surface area contributed by atoms with Gasteiger partial charge in [0, 0.05) is 27.0 Å². The van der Waals surface area contributed by atoms with Gasteiger partial charge in [-0.05, 0) is 36.6 Å². The third-order valence-corrected chi connectivity index (χ3v) is 5.29. The van der Waals surface area contributed by atoms with Crippen molar-refractivity contribution >= 4 is 40.8 Å². The zero-order chi connectivity index (χ0) is 20.4. The van der Waals surface area contributed by atoms with Crippen molar-refractivity contribution in [3.8, 4) is 0 Å². The first-order valence-corrected chi connectivity index (χ1v) is 9.67. The molecule has 0 radical (unpaired) electrons. The van der Waals surface area contributed by atoms with Crippen molar-refractivity contribution < 1.29 is 9.59 Å². The molecule has 7 heteroatoms. The van der Waals surface area contributed by atoms with Gasteiger partial charge in [-0.2, -0.15) is 0 Å². The van der Waals surface area contributed by atoms with Crippen molar-refractivity contribution in [2.24, 2.45) is 0 Å². The van der Waals surface area contributed by atoms with Crippen LogP contribution in [0.25, 0.3) is 0 Å². The number of benzene rings is 2. The van der Waals surface area contributed by atoms with Crippen LogP contribution in [0.5, 0.6) is 0 Å². The van der Waals surface area contributed by atoms with Gasteiger partial charge in [0.15, 0.2) is 0 Å². The lowest BCUT2D eigenvalue weighted by atomic mass is 9.94. The summed E-state index contributed by atoms with van der Waals surface area (Å²) in [6.45, 7) is 5.80. The molecular weight excluding hydrogens is 397 g/mol. The number of halogens is 2. The van der Waals surface area contributed by atoms with E-state index in [2.05, 4.69) is 29.8 Å². The molecule has 0 fully saturated rings. The molecule has 2 aromatic carbocycles. The van der Waals surface area contributed by atoms with E-state index in [1.807, 2.05) is 24.3 Å². The van der Waals surface area contributed by atoms with Gasteiger partial charge in [-0.15, -0.1) is 0 Å². The number of anilines is 1. The normalized spacial score (nSPS) is 16.6. The van der Waals surface area contributed by atoms with Gasteiger partial charge in [0.1, 0.15) is 0 Å². The molecule has 3 N–H and O–H groups in total. The minimum atomic E-state index is -0.763. The van der Waals surface area contributed by atoms with Gasteiger partial charge in [0.25, 0.3) is 5.91 Å². The number of carbonyl (C=O) groups excluding carboxylic acids is 2. The minimum Gasteiger partial charge on any atom is -0.327 e. The molecule has 0 aromatic heterocycles. The van der Waals surface area contributed by atoms with Gasteiger partial charge in [-0.1, -0.05) is 61.3 Å². The molecular formula is C21H21Cl2N3O2. The molecule has 2 aromatic rings. The Bertz CT molecular complexity index is 950. The molecule has 0 saturated heterocycles. The zero-order valence-electron chi connectivity index (χ0n) is 15.8. The van der Waals surface area contributed by atoms with Crippen LogP contribution >= 0.6 is 23.2 Å². The Hall–Kier alpha value is -2.50. The maximum Gasteiger partial charge on any atom is 0.319 e. The topological polar surface area (TPSA) is 70.2 Å².